The Hall–Kier alpha value is -3.50. The first kappa shape index (κ1) is 24.6. The maximum Gasteiger partial charge on any atom is 0.294 e. The molecule has 1 N–H and O–H groups in total. The molecule has 0 aromatic heterocycles. The van der Waals surface area contributed by atoms with Gasteiger partial charge in [-0.15, -0.1) is 0 Å². The van der Waals surface area contributed by atoms with Crippen LogP contribution in [0.4, 0.5) is 19.3 Å². The van der Waals surface area contributed by atoms with Crippen LogP contribution in [0, 0.1) is 11.6 Å². The second-order valence-electron chi connectivity index (χ2n) is 7.40. The number of rotatable bonds is 7. The van der Waals surface area contributed by atoms with E-state index in [1.54, 1.807) is 36.4 Å². The molecule has 0 radical (unpaired) electrons. The van der Waals surface area contributed by atoms with Crippen molar-refractivity contribution >= 4 is 56.5 Å². The summed E-state index contributed by atoms with van der Waals surface area (Å²) in [4.78, 5) is 38.3. The van der Waals surface area contributed by atoms with Crippen LogP contribution in [-0.4, -0.2) is 28.5 Å². The summed E-state index contributed by atoms with van der Waals surface area (Å²) >= 11 is 4.12. The average Bonchev–Trinajstić information content (AvgIpc) is 3.07. The van der Waals surface area contributed by atoms with Gasteiger partial charge >= 0.3 is 0 Å². The molecule has 1 aliphatic heterocycles. The average molecular weight is 559 g/mol. The third-order valence-corrected chi connectivity index (χ3v) is 6.41. The predicted molar refractivity (Wildman–Crippen MR) is 133 cm³/mol. The van der Waals surface area contributed by atoms with Gasteiger partial charge in [-0.2, -0.15) is 0 Å². The maximum atomic E-state index is 13.8. The van der Waals surface area contributed by atoms with Crippen LogP contribution in [0.3, 0.4) is 0 Å². The van der Waals surface area contributed by atoms with Crippen molar-refractivity contribution in [3.8, 4) is 5.75 Å². The van der Waals surface area contributed by atoms with Gasteiger partial charge in [0.2, 0.25) is 5.91 Å². The van der Waals surface area contributed by atoms with E-state index < -0.39 is 29.4 Å². The van der Waals surface area contributed by atoms with Crippen LogP contribution < -0.4 is 10.1 Å². The number of hydrogen-bond donors (Lipinski definition) is 1. The van der Waals surface area contributed by atoms with Crippen LogP contribution in [0.25, 0.3) is 6.08 Å². The van der Waals surface area contributed by atoms with Crippen LogP contribution in [-0.2, 0) is 16.2 Å². The molecule has 0 saturated carbocycles. The van der Waals surface area contributed by atoms with Gasteiger partial charge in [0.05, 0.1) is 9.38 Å². The lowest BCUT2D eigenvalue weighted by Gasteiger charge is -2.12. The van der Waals surface area contributed by atoms with Gasteiger partial charge in [0.25, 0.3) is 11.1 Å². The highest BCUT2D eigenvalue weighted by atomic mass is 79.9. The van der Waals surface area contributed by atoms with E-state index in [0.717, 1.165) is 11.0 Å². The molecule has 4 rings (SSSR count). The summed E-state index contributed by atoms with van der Waals surface area (Å²) < 4.78 is 33.3. The van der Waals surface area contributed by atoms with Crippen molar-refractivity contribution in [3.63, 3.8) is 0 Å². The summed E-state index contributed by atoms with van der Waals surface area (Å²) in [6, 6.07) is 16.6. The number of carbonyl (C=O) groups excluding carboxylic acids is 3. The number of ether oxygens (including phenoxy) is 1. The lowest BCUT2D eigenvalue weighted by molar-refractivity contribution is -0.127. The van der Waals surface area contributed by atoms with E-state index >= 15 is 0 Å². The lowest BCUT2D eigenvalue weighted by atomic mass is 10.2. The van der Waals surface area contributed by atoms with Gasteiger partial charge in [-0.25, -0.2) is 8.78 Å². The second kappa shape index (κ2) is 10.8. The lowest BCUT2D eigenvalue weighted by Crippen LogP contribution is -2.36. The fraction of sp³-hybridized carbons (Fsp3) is 0.0800. The van der Waals surface area contributed by atoms with E-state index in [1.807, 2.05) is 0 Å². The van der Waals surface area contributed by atoms with Gasteiger partial charge in [0, 0.05) is 11.3 Å². The predicted octanol–water partition coefficient (Wildman–Crippen LogP) is 5.98. The van der Waals surface area contributed by atoms with Crippen molar-refractivity contribution in [2.24, 2.45) is 0 Å². The Balaban J connectivity index is 1.40. The van der Waals surface area contributed by atoms with Gasteiger partial charge in [-0.3, -0.25) is 19.3 Å². The Morgan fingerprint density at radius 3 is 2.60 bits per heavy atom. The normalized spacial score (nSPS) is 14.5. The SMILES string of the molecule is O=C(CN1C(=O)S/C(=C/c2ccc(OCc3ccccc3F)c(Br)c2)C1=O)Nc1cccc(F)c1. The van der Waals surface area contributed by atoms with Crippen molar-refractivity contribution in [2.75, 3.05) is 11.9 Å². The number of benzene rings is 3. The molecule has 0 unspecified atom stereocenters. The van der Waals surface area contributed by atoms with Gasteiger partial charge in [0.15, 0.2) is 0 Å². The number of nitrogens with one attached hydrogen (secondary N) is 1. The van der Waals surface area contributed by atoms with Crippen LogP contribution in [0.2, 0.25) is 0 Å². The van der Waals surface area contributed by atoms with Crippen LogP contribution >= 0.6 is 27.7 Å². The molecule has 1 heterocycles. The smallest absolute Gasteiger partial charge is 0.294 e. The molecule has 0 bridgehead atoms. The number of nitrogens with zero attached hydrogens (tertiary/aromatic N) is 1. The van der Waals surface area contributed by atoms with Gasteiger partial charge in [0.1, 0.15) is 30.5 Å². The number of imide groups is 1. The topological polar surface area (TPSA) is 75.7 Å². The summed E-state index contributed by atoms with van der Waals surface area (Å²) in [5.41, 5.74) is 1.25. The zero-order valence-corrected chi connectivity index (χ0v) is 20.4. The number of anilines is 1. The molecule has 1 saturated heterocycles. The Kier molecular flexibility index (Phi) is 7.62. The van der Waals surface area contributed by atoms with Gasteiger partial charge in [-0.05, 0) is 75.7 Å². The highest BCUT2D eigenvalue weighted by Crippen LogP contribution is 2.34. The van der Waals surface area contributed by atoms with E-state index in [1.165, 1.54) is 30.3 Å². The number of amides is 3. The van der Waals surface area contributed by atoms with E-state index in [-0.39, 0.29) is 23.0 Å². The molecular formula is C25H17BrF2N2O4S. The minimum Gasteiger partial charge on any atom is -0.488 e. The first-order valence-electron chi connectivity index (χ1n) is 10.3. The Morgan fingerprint density at radius 1 is 1.06 bits per heavy atom. The molecule has 1 aliphatic rings. The van der Waals surface area contributed by atoms with Crippen LogP contribution in [0.5, 0.6) is 5.75 Å². The van der Waals surface area contributed by atoms with Crippen molar-refractivity contribution in [1.29, 1.82) is 0 Å². The number of carbonyl (C=O) groups is 3. The minimum atomic E-state index is -0.627. The first-order valence-corrected chi connectivity index (χ1v) is 11.9. The largest absolute Gasteiger partial charge is 0.488 e. The Bertz CT molecular complexity index is 1350. The fourth-order valence-corrected chi connectivity index (χ4v) is 4.54. The monoisotopic (exact) mass is 558 g/mol. The first-order chi connectivity index (χ1) is 16.8. The third-order valence-electron chi connectivity index (χ3n) is 4.88. The molecule has 3 aromatic carbocycles. The minimum absolute atomic E-state index is 0.0429. The zero-order chi connectivity index (χ0) is 24.9. The highest BCUT2D eigenvalue weighted by molar-refractivity contribution is 9.10. The molecule has 0 atom stereocenters. The quantitative estimate of drug-likeness (QED) is 0.361. The van der Waals surface area contributed by atoms with Crippen LogP contribution in [0.1, 0.15) is 11.1 Å². The standard InChI is InChI=1S/C25H17BrF2N2O4S/c26-19-10-15(8-9-21(19)34-14-16-4-1-2-7-20(16)28)11-22-24(32)30(25(33)35-22)13-23(31)29-18-6-3-5-17(27)12-18/h1-12H,13-14H2,(H,29,31)/b22-11+. The van der Waals surface area contributed by atoms with Crippen molar-refractivity contribution in [3.05, 3.63) is 98.9 Å². The Labute approximate surface area is 212 Å². The molecule has 10 heteroatoms. The number of hydrogen-bond acceptors (Lipinski definition) is 5. The molecular weight excluding hydrogens is 542 g/mol. The zero-order valence-electron chi connectivity index (χ0n) is 18.0. The van der Waals surface area contributed by atoms with Crippen molar-refractivity contribution in [2.45, 2.75) is 6.61 Å². The molecule has 178 valence electrons. The fourth-order valence-electron chi connectivity index (χ4n) is 3.19. The van der Waals surface area contributed by atoms with Gasteiger partial charge < -0.3 is 10.1 Å². The van der Waals surface area contributed by atoms with E-state index in [9.17, 15) is 23.2 Å². The molecule has 3 amide bonds. The molecule has 3 aromatic rings. The van der Waals surface area contributed by atoms with E-state index in [4.69, 9.17) is 4.74 Å². The summed E-state index contributed by atoms with van der Waals surface area (Å²) in [5, 5.41) is 1.88. The molecule has 0 spiro atoms. The molecule has 1 fully saturated rings. The van der Waals surface area contributed by atoms with E-state index in [0.29, 0.717) is 33.1 Å². The molecule has 0 aliphatic carbocycles. The van der Waals surface area contributed by atoms with Crippen LogP contribution in [0.15, 0.2) is 76.1 Å². The van der Waals surface area contributed by atoms with E-state index in [2.05, 4.69) is 21.2 Å². The van der Waals surface area contributed by atoms with Crippen molar-refractivity contribution < 1.29 is 27.9 Å². The Morgan fingerprint density at radius 2 is 1.86 bits per heavy atom. The molecule has 6 nitrogen and oxygen atoms in total. The summed E-state index contributed by atoms with van der Waals surface area (Å²) in [6.07, 6.45) is 1.53. The summed E-state index contributed by atoms with van der Waals surface area (Å²) in [7, 11) is 0. The van der Waals surface area contributed by atoms with Crippen molar-refractivity contribution in [1.82, 2.24) is 4.90 Å². The third kappa shape index (κ3) is 6.14. The summed E-state index contributed by atoms with van der Waals surface area (Å²) in [5.74, 6) is -1.64. The number of halogens is 3. The second-order valence-corrected chi connectivity index (χ2v) is 9.24. The number of thioether (sulfide) groups is 1. The highest BCUT2D eigenvalue weighted by Gasteiger charge is 2.36. The maximum absolute atomic E-state index is 13.8. The van der Waals surface area contributed by atoms with Gasteiger partial charge in [-0.1, -0.05) is 30.3 Å². The molecule has 35 heavy (non-hydrogen) atoms. The summed E-state index contributed by atoms with van der Waals surface area (Å²) in [6.45, 7) is -0.452.